The highest BCUT2D eigenvalue weighted by atomic mass is 16.3. The molecule has 0 amide bonds. The number of carbonyl (C=O) groups excluding carboxylic acids is 1. The fraction of sp³-hybridized carbons (Fsp3) is 0.581. The van der Waals surface area contributed by atoms with E-state index >= 15 is 0 Å². The molecule has 0 spiro atoms. The molecule has 2 aromatic rings. The maximum atomic E-state index is 13.8. The standard InChI is InChI=1S/C31H46O3/c1-19(21-13-23(28(3,4)5)17-25(15-21)30(9,10)33)27(32)20(2)22-14-24(29(6,7)8)18-26(16-22)31(11,12)34/h13-20,33-34H,1-12H3. The summed E-state index contributed by atoms with van der Waals surface area (Å²) < 4.78 is 0. The average molecular weight is 467 g/mol. The largest absolute Gasteiger partial charge is 0.386 e. The first-order valence-corrected chi connectivity index (χ1v) is 12.4. The van der Waals surface area contributed by atoms with Crippen molar-refractivity contribution in [2.24, 2.45) is 0 Å². The molecule has 0 aliphatic rings. The first kappa shape index (κ1) is 28.3. The van der Waals surface area contributed by atoms with Crippen LogP contribution in [0.25, 0.3) is 0 Å². The van der Waals surface area contributed by atoms with E-state index in [0.29, 0.717) is 0 Å². The molecule has 188 valence electrons. The Morgan fingerprint density at radius 2 is 0.824 bits per heavy atom. The lowest BCUT2D eigenvalue weighted by Gasteiger charge is -2.28. The highest BCUT2D eigenvalue weighted by molar-refractivity contribution is 5.91. The van der Waals surface area contributed by atoms with E-state index in [1.165, 1.54) is 0 Å². The number of hydrogen-bond donors (Lipinski definition) is 2. The topological polar surface area (TPSA) is 57.5 Å². The van der Waals surface area contributed by atoms with Crippen LogP contribution < -0.4 is 0 Å². The molecule has 2 N–H and O–H groups in total. The van der Waals surface area contributed by atoms with Gasteiger partial charge >= 0.3 is 0 Å². The second-order valence-electron chi connectivity index (χ2n) is 13.2. The third-order valence-electron chi connectivity index (χ3n) is 6.91. The van der Waals surface area contributed by atoms with Gasteiger partial charge in [-0.3, -0.25) is 4.79 Å². The number of rotatable bonds is 6. The van der Waals surface area contributed by atoms with Gasteiger partial charge in [-0.25, -0.2) is 0 Å². The van der Waals surface area contributed by atoms with Gasteiger partial charge in [0.2, 0.25) is 0 Å². The van der Waals surface area contributed by atoms with Crippen molar-refractivity contribution in [1.82, 2.24) is 0 Å². The Kier molecular flexibility index (Phi) is 7.68. The van der Waals surface area contributed by atoms with E-state index in [4.69, 9.17) is 0 Å². The van der Waals surface area contributed by atoms with Crippen LogP contribution in [-0.4, -0.2) is 16.0 Å². The number of carbonyl (C=O) groups is 1. The van der Waals surface area contributed by atoms with Gasteiger partial charge in [-0.15, -0.1) is 0 Å². The molecule has 0 aliphatic carbocycles. The van der Waals surface area contributed by atoms with Crippen LogP contribution in [0.15, 0.2) is 36.4 Å². The smallest absolute Gasteiger partial charge is 0.147 e. The predicted octanol–water partition coefficient (Wildman–Crippen LogP) is 7.21. The zero-order valence-electron chi connectivity index (χ0n) is 23.4. The van der Waals surface area contributed by atoms with Crippen LogP contribution in [-0.2, 0) is 26.8 Å². The van der Waals surface area contributed by atoms with Gasteiger partial charge in [0.1, 0.15) is 5.78 Å². The molecule has 2 rings (SSSR count). The Bertz CT molecular complexity index is 886. The molecule has 0 saturated carbocycles. The van der Waals surface area contributed by atoms with Crippen LogP contribution in [0.1, 0.15) is 128 Å². The van der Waals surface area contributed by atoms with Crippen molar-refractivity contribution in [3.63, 3.8) is 0 Å². The molecule has 0 aliphatic heterocycles. The number of benzene rings is 2. The van der Waals surface area contributed by atoms with Crippen molar-refractivity contribution < 1.29 is 15.0 Å². The monoisotopic (exact) mass is 466 g/mol. The molecule has 2 aromatic carbocycles. The van der Waals surface area contributed by atoms with Gasteiger partial charge in [-0.1, -0.05) is 91.8 Å². The maximum Gasteiger partial charge on any atom is 0.147 e. The SMILES string of the molecule is CC(C(=O)C(C)c1cc(C(C)(C)C)cc(C(C)(C)O)c1)c1cc(C(C)(C)C)cc(C(C)(C)O)c1. The van der Waals surface area contributed by atoms with Gasteiger partial charge in [0.05, 0.1) is 11.2 Å². The van der Waals surface area contributed by atoms with Crippen LogP contribution in [0, 0.1) is 0 Å². The van der Waals surface area contributed by atoms with Gasteiger partial charge in [0.15, 0.2) is 0 Å². The molecule has 2 atom stereocenters. The molecular weight excluding hydrogens is 420 g/mol. The van der Waals surface area contributed by atoms with E-state index in [2.05, 4.69) is 53.7 Å². The van der Waals surface area contributed by atoms with Crippen LogP contribution in [0.2, 0.25) is 0 Å². The Balaban J connectivity index is 2.57. The third-order valence-corrected chi connectivity index (χ3v) is 6.91. The van der Waals surface area contributed by atoms with E-state index in [1.807, 2.05) is 38.1 Å². The Morgan fingerprint density at radius 3 is 1.06 bits per heavy atom. The number of hydrogen-bond acceptors (Lipinski definition) is 3. The van der Waals surface area contributed by atoms with Crippen molar-refractivity contribution in [2.45, 2.75) is 117 Å². The van der Waals surface area contributed by atoms with Gasteiger partial charge in [0.25, 0.3) is 0 Å². The zero-order chi connectivity index (χ0) is 26.4. The van der Waals surface area contributed by atoms with Crippen molar-refractivity contribution in [1.29, 1.82) is 0 Å². The predicted molar refractivity (Wildman–Crippen MR) is 143 cm³/mol. The van der Waals surface area contributed by atoms with Crippen molar-refractivity contribution in [3.8, 4) is 0 Å². The molecule has 3 nitrogen and oxygen atoms in total. The Hall–Kier alpha value is -1.97. The lowest BCUT2D eigenvalue weighted by Crippen LogP contribution is -2.23. The molecular formula is C31H46O3. The second kappa shape index (κ2) is 9.24. The van der Waals surface area contributed by atoms with E-state index < -0.39 is 11.2 Å². The summed E-state index contributed by atoms with van der Waals surface area (Å²) in [6, 6.07) is 12.3. The van der Waals surface area contributed by atoms with Gasteiger partial charge < -0.3 is 10.2 Å². The highest BCUT2D eigenvalue weighted by Crippen LogP contribution is 2.36. The Morgan fingerprint density at radius 1 is 0.559 bits per heavy atom. The van der Waals surface area contributed by atoms with Crippen molar-refractivity contribution in [3.05, 3.63) is 69.8 Å². The molecule has 2 unspecified atom stereocenters. The van der Waals surface area contributed by atoms with Crippen LogP contribution in [0.3, 0.4) is 0 Å². The van der Waals surface area contributed by atoms with E-state index in [1.54, 1.807) is 27.7 Å². The summed E-state index contributed by atoms with van der Waals surface area (Å²) in [5.74, 6) is -0.537. The number of ketones is 1. The molecule has 0 radical (unpaired) electrons. The fourth-order valence-corrected chi connectivity index (χ4v) is 4.08. The van der Waals surface area contributed by atoms with Gasteiger partial charge in [0, 0.05) is 11.8 Å². The third kappa shape index (κ3) is 6.58. The minimum absolute atomic E-state index is 0.104. The highest BCUT2D eigenvalue weighted by Gasteiger charge is 2.29. The molecule has 34 heavy (non-hydrogen) atoms. The molecule has 3 heteroatoms. The van der Waals surface area contributed by atoms with E-state index in [9.17, 15) is 15.0 Å². The summed E-state index contributed by atoms with van der Waals surface area (Å²) in [6.07, 6.45) is 0. The summed E-state index contributed by atoms with van der Waals surface area (Å²) in [6.45, 7) is 23.9. The van der Waals surface area contributed by atoms with Crippen LogP contribution in [0.4, 0.5) is 0 Å². The quantitative estimate of drug-likeness (QED) is 0.473. The summed E-state index contributed by atoms with van der Waals surface area (Å²) in [5.41, 5.74) is 3.51. The van der Waals surface area contributed by atoms with E-state index in [-0.39, 0.29) is 28.4 Å². The lowest BCUT2D eigenvalue weighted by atomic mass is 9.77. The zero-order valence-corrected chi connectivity index (χ0v) is 23.4. The summed E-state index contributed by atoms with van der Waals surface area (Å²) in [7, 11) is 0. The molecule has 0 saturated heterocycles. The van der Waals surface area contributed by atoms with Crippen LogP contribution in [0.5, 0.6) is 0 Å². The fourth-order valence-electron chi connectivity index (χ4n) is 4.08. The van der Waals surface area contributed by atoms with E-state index in [0.717, 1.165) is 33.4 Å². The Labute approximate surface area is 207 Å². The average Bonchev–Trinajstić information content (AvgIpc) is 2.68. The maximum absolute atomic E-state index is 13.8. The normalized spacial score (nSPS) is 15.2. The first-order chi connectivity index (χ1) is 15.1. The van der Waals surface area contributed by atoms with Crippen LogP contribution >= 0.6 is 0 Å². The minimum atomic E-state index is -0.993. The second-order valence-corrected chi connectivity index (χ2v) is 13.2. The summed E-state index contributed by atoms with van der Waals surface area (Å²) in [5, 5.41) is 21.4. The van der Waals surface area contributed by atoms with Crippen molar-refractivity contribution in [2.75, 3.05) is 0 Å². The van der Waals surface area contributed by atoms with Gasteiger partial charge in [-0.05, 0) is 71.9 Å². The minimum Gasteiger partial charge on any atom is -0.386 e. The van der Waals surface area contributed by atoms with Crippen molar-refractivity contribution >= 4 is 5.78 Å². The molecule has 0 fully saturated rings. The van der Waals surface area contributed by atoms with Gasteiger partial charge in [-0.2, -0.15) is 0 Å². The number of Topliss-reactive ketones (excluding diaryl/α,β-unsaturated/α-hetero) is 1. The molecule has 0 heterocycles. The first-order valence-electron chi connectivity index (χ1n) is 12.4. The molecule has 0 aromatic heterocycles. The summed E-state index contributed by atoms with van der Waals surface area (Å²) >= 11 is 0. The number of aliphatic hydroxyl groups is 2. The summed E-state index contributed by atoms with van der Waals surface area (Å²) in [4.78, 5) is 13.8. The lowest BCUT2D eigenvalue weighted by molar-refractivity contribution is -0.121. The molecule has 0 bridgehead atoms.